The molecule has 1 aliphatic rings. The van der Waals surface area contributed by atoms with Crippen molar-refractivity contribution >= 4 is 0 Å². The largest absolute Gasteiger partial charge is 0.860 e. The molecule has 1 fully saturated rings. The van der Waals surface area contributed by atoms with Gasteiger partial charge in [0.2, 0.25) is 0 Å². The fraction of sp³-hybridized carbons (Fsp3) is 0.348. The monoisotopic (exact) mass is 441 g/mol. The number of hydrogen-bond acceptors (Lipinski definition) is 6. The van der Waals surface area contributed by atoms with Gasteiger partial charge >= 0.3 is 11.3 Å². The third-order valence-corrected chi connectivity index (χ3v) is 5.51. The summed E-state index contributed by atoms with van der Waals surface area (Å²) in [6.07, 6.45) is 2.89. The molecule has 1 saturated heterocycles. The van der Waals surface area contributed by atoms with E-state index in [1.54, 1.807) is 30.3 Å². The van der Waals surface area contributed by atoms with E-state index in [-0.39, 0.29) is 16.9 Å². The van der Waals surface area contributed by atoms with Gasteiger partial charge in [-0.25, -0.2) is 9.59 Å². The molecule has 1 unspecified atom stereocenters. The first-order valence-electron chi connectivity index (χ1n) is 10.4. The normalized spacial score (nSPS) is 14.0. The van der Waals surface area contributed by atoms with Crippen LogP contribution in [0.2, 0.25) is 0 Å². The third-order valence-electron chi connectivity index (χ3n) is 5.51. The maximum absolute atomic E-state index is 12.8. The Morgan fingerprint density at radius 1 is 1.03 bits per heavy atom. The molecule has 3 N–H and O–H groups in total. The molecule has 9 heteroatoms. The van der Waals surface area contributed by atoms with E-state index in [1.807, 2.05) is 0 Å². The number of nitrogens with zero attached hydrogens (tertiary/aromatic N) is 2. The minimum absolute atomic E-state index is 0.184. The van der Waals surface area contributed by atoms with Crippen LogP contribution < -0.4 is 27.3 Å². The summed E-state index contributed by atoms with van der Waals surface area (Å²) >= 11 is 0. The number of aromatic hydroxyl groups is 1. The van der Waals surface area contributed by atoms with Crippen LogP contribution in [0.25, 0.3) is 0 Å². The van der Waals surface area contributed by atoms with Gasteiger partial charge in [-0.2, -0.15) is 0 Å². The van der Waals surface area contributed by atoms with E-state index in [9.17, 15) is 24.6 Å². The van der Waals surface area contributed by atoms with Crippen LogP contribution in [0.1, 0.15) is 41.2 Å². The van der Waals surface area contributed by atoms with E-state index >= 15 is 0 Å². The van der Waals surface area contributed by atoms with Crippen LogP contribution in [-0.4, -0.2) is 27.3 Å². The van der Waals surface area contributed by atoms with Gasteiger partial charge in [0.25, 0.3) is 5.56 Å². The molecular weight excluding hydrogens is 414 g/mol. The minimum Gasteiger partial charge on any atom is -0.860 e. The second kappa shape index (κ2) is 9.69. The molecule has 3 aromatic rings. The summed E-state index contributed by atoms with van der Waals surface area (Å²) in [6, 6.07) is 9.55. The smallest absolute Gasteiger partial charge is 0.343 e. The van der Waals surface area contributed by atoms with Gasteiger partial charge in [-0.3, -0.25) is 9.36 Å². The molecule has 32 heavy (non-hydrogen) atoms. The predicted molar refractivity (Wildman–Crippen MR) is 116 cm³/mol. The number of hydrogen-bond donors (Lipinski definition) is 2. The quantitative estimate of drug-likeness (QED) is 0.571. The first kappa shape index (κ1) is 23.1. The van der Waals surface area contributed by atoms with Gasteiger partial charge in [-0.05, 0) is 18.4 Å². The first-order chi connectivity index (χ1) is 15.2. The highest BCUT2D eigenvalue weighted by Crippen LogP contribution is 2.35. The number of aryl methyl sites for hydroxylation is 1. The Balaban J connectivity index is 0.000000509. The van der Waals surface area contributed by atoms with Crippen LogP contribution in [0.3, 0.4) is 0 Å². The average molecular weight is 441 g/mol. The van der Waals surface area contributed by atoms with E-state index in [2.05, 4.69) is 5.32 Å². The first-order valence-corrected chi connectivity index (χ1v) is 10.4. The van der Waals surface area contributed by atoms with Crippen molar-refractivity contribution in [3.8, 4) is 11.6 Å². The van der Waals surface area contributed by atoms with Gasteiger partial charge in [0.1, 0.15) is 11.5 Å². The number of nitrogens with two attached hydrogens (primary N) is 1. The summed E-state index contributed by atoms with van der Waals surface area (Å²) in [5, 5.41) is 25.5. The molecule has 0 aliphatic carbocycles. The van der Waals surface area contributed by atoms with Crippen molar-refractivity contribution in [1.29, 1.82) is 0 Å². The van der Waals surface area contributed by atoms with Crippen molar-refractivity contribution in [2.75, 3.05) is 13.1 Å². The van der Waals surface area contributed by atoms with E-state index in [1.165, 1.54) is 53.0 Å². The van der Waals surface area contributed by atoms with Gasteiger partial charge in [0, 0.05) is 38.6 Å². The average Bonchev–Trinajstić information content (AvgIpc) is 3.35. The molecule has 9 nitrogen and oxygen atoms in total. The van der Waals surface area contributed by atoms with Crippen LogP contribution in [0.5, 0.6) is 11.6 Å². The molecule has 170 valence electrons. The van der Waals surface area contributed by atoms with E-state index in [4.69, 9.17) is 4.42 Å². The third kappa shape index (κ3) is 4.52. The summed E-state index contributed by atoms with van der Waals surface area (Å²) in [6.45, 7) is 4.24. The zero-order valence-electron chi connectivity index (χ0n) is 18.3. The Kier molecular flexibility index (Phi) is 6.99. The van der Waals surface area contributed by atoms with Crippen molar-refractivity contribution in [3.63, 3.8) is 0 Å². The Labute approximate surface area is 184 Å². The minimum atomic E-state index is -1.19. The summed E-state index contributed by atoms with van der Waals surface area (Å²) < 4.78 is 6.66. The van der Waals surface area contributed by atoms with Crippen LogP contribution in [0.15, 0.2) is 55.2 Å². The highest BCUT2D eigenvalue weighted by molar-refractivity contribution is 5.49. The number of quaternary nitrogens is 1. The molecule has 4 rings (SSSR count). The zero-order valence-corrected chi connectivity index (χ0v) is 18.3. The van der Waals surface area contributed by atoms with Gasteiger partial charge in [-0.15, -0.1) is 0 Å². The topological polar surface area (TPSA) is 134 Å². The Bertz CT molecular complexity index is 1260. The van der Waals surface area contributed by atoms with Crippen LogP contribution in [-0.2, 0) is 14.1 Å². The summed E-state index contributed by atoms with van der Waals surface area (Å²) in [5.74, 6) is -2.24. The summed E-state index contributed by atoms with van der Waals surface area (Å²) in [7, 11) is 2.49. The molecule has 0 spiro atoms. The van der Waals surface area contributed by atoms with Gasteiger partial charge < -0.3 is 24.5 Å². The summed E-state index contributed by atoms with van der Waals surface area (Å²) in [5.41, 5.74) is -2.61. The van der Waals surface area contributed by atoms with Crippen molar-refractivity contribution in [2.24, 2.45) is 14.1 Å². The molecule has 1 aromatic carbocycles. The molecule has 3 heterocycles. The predicted octanol–water partition coefficient (Wildman–Crippen LogP) is -0.351. The highest BCUT2D eigenvalue weighted by atomic mass is 16.4. The number of benzene rings is 1. The Morgan fingerprint density at radius 3 is 2.19 bits per heavy atom. The molecule has 0 saturated carbocycles. The molecule has 1 aliphatic heterocycles. The standard InChI is InChI=1S/C19H18N2O6.C4H9N/c1-10-9-12(22)14(18(25)27-10)13(11-7-5-4-6-8-11)15-16(23)20(2)19(26)21(3)17(15)24;1-2-4-5-3-1/h4-9,13,22-23H,1-3H3;5H,1-4H2. The van der Waals surface area contributed by atoms with E-state index < -0.39 is 34.4 Å². The van der Waals surface area contributed by atoms with Crippen LogP contribution in [0, 0.1) is 6.92 Å². The lowest BCUT2D eigenvalue weighted by atomic mass is 9.86. The van der Waals surface area contributed by atoms with Crippen molar-refractivity contribution < 1.29 is 19.9 Å². The highest BCUT2D eigenvalue weighted by Gasteiger charge is 2.29. The Morgan fingerprint density at radius 2 is 1.66 bits per heavy atom. The Hall–Kier alpha value is -3.59. The fourth-order valence-corrected chi connectivity index (χ4v) is 3.81. The zero-order chi connectivity index (χ0) is 23.4. The molecule has 0 radical (unpaired) electrons. The van der Waals surface area contributed by atoms with Crippen molar-refractivity contribution in [3.05, 3.63) is 90.1 Å². The maximum Gasteiger partial charge on any atom is 0.343 e. The second-order valence-electron chi connectivity index (χ2n) is 7.78. The van der Waals surface area contributed by atoms with Crippen molar-refractivity contribution in [2.45, 2.75) is 25.7 Å². The molecule has 2 aromatic heterocycles. The maximum atomic E-state index is 12.8. The lowest BCUT2D eigenvalue weighted by molar-refractivity contribution is -0.635. The molecule has 0 bridgehead atoms. The van der Waals surface area contributed by atoms with Crippen molar-refractivity contribution in [1.82, 2.24) is 9.13 Å². The SMILES string of the molecule is C1CC[NH2+]C1.Cc1cc(O)c(C(c2ccccc2)c2c([O-])n(C)c(=O)n(C)c2=O)c(=O)o1. The lowest BCUT2D eigenvalue weighted by Gasteiger charge is -2.25. The second-order valence-corrected chi connectivity index (χ2v) is 7.78. The van der Waals surface area contributed by atoms with Crippen LogP contribution in [0.4, 0.5) is 0 Å². The van der Waals surface area contributed by atoms with E-state index in [0.29, 0.717) is 5.56 Å². The molecule has 0 amide bonds. The number of rotatable bonds is 3. The molecular formula is C23H27N3O6. The van der Waals surface area contributed by atoms with Crippen LogP contribution >= 0.6 is 0 Å². The molecule has 1 atom stereocenters. The van der Waals surface area contributed by atoms with Gasteiger partial charge in [0.15, 0.2) is 0 Å². The van der Waals surface area contributed by atoms with Gasteiger partial charge in [0.05, 0.1) is 24.6 Å². The fourth-order valence-electron chi connectivity index (χ4n) is 3.81. The van der Waals surface area contributed by atoms with Gasteiger partial charge in [-0.1, -0.05) is 30.3 Å². The lowest BCUT2D eigenvalue weighted by Crippen LogP contribution is -2.80. The number of aromatic nitrogens is 2. The summed E-state index contributed by atoms with van der Waals surface area (Å²) in [4.78, 5) is 37.3. The van der Waals surface area contributed by atoms with E-state index in [0.717, 1.165) is 9.13 Å².